The highest BCUT2D eigenvalue weighted by atomic mass is 35.5. The molecule has 1 aliphatic carbocycles. The van der Waals surface area contributed by atoms with Crippen molar-refractivity contribution in [3.8, 4) is 0 Å². The van der Waals surface area contributed by atoms with Crippen molar-refractivity contribution in [1.82, 2.24) is 9.80 Å². The highest BCUT2D eigenvalue weighted by Gasteiger charge is 2.27. The van der Waals surface area contributed by atoms with Gasteiger partial charge < -0.3 is 9.69 Å². The summed E-state index contributed by atoms with van der Waals surface area (Å²) in [6.07, 6.45) is 7.41. The molecule has 1 aromatic rings. The summed E-state index contributed by atoms with van der Waals surface area (Å²) in [5, 5.41) is 0. The fraction of sp³-hybridized carbons (Fsp3) is 0.600. The molecule has 0 spiro atoms. The van der Waals surface area contributed by atoms with Gasteiger partial charge in [0, 0.05) is 44.6 Å². The SMILES string of the molecule is Cl.O=CC(CCC(=O)N1CCN(C2CCCC2)CC1)c1ccccc1. The highest BCUT2D eigenvalue weighted by Crippen LogP contribution is 2.25. The zero-order valence-corrected chi connectivity index (χ0v) is 15.6. The molecular formula is C20H29ClN2O2. The van der Waals surface area contributed by atoms with Gasteiger partial charge in [0.1, 0.15) is 6.29 Å². The summed E-state index contributed by atoms with van der Waals surface area (Å²) in [6.45, 7) is 3.69. The molecule has 2 fully saturated rings. The van der Waals surface area contributed by atoms with E-state index in [0.29, 0.717) is 12.8 Å². The molecule has 0 aromatic heterocycles. The van der Waals surface area contributed by atoms with Crippen LogP contribution in [-0.4, -0.2) is 54.2 Å². The number of hydrogen-bond donors (Lipinski definition) is 0. The van der Waals surface area contributed by atoms with Gasteiger partial charge in [0.05, 0.1) is 0 Å². The molecule has 0 radical (unpaired) electrons. The first kappa shape index (κ1) is 19.9. The standard InChI is InChI=1S/C20H28N2O2.ClH/c23-16-18(17-6-2-1-3-7-17)10-11-20(24)22-14-12-21(13-15-22)19-8-4-5-9-19;/h1-3,6-7,16,18-19H,4-5,8-15H2;1H. The van der Waals surface area contributed by atoms with Gasteiger partial charge in [-0.2, -0.15) is 0 Å². The number of benzene rings is 1. The Hall–Kier alpha value is -1.39. The Morgan fingerprint density at radius 3 is 2.32 bits per heavy atom. The van der Waals surface area contributed by atoms with Gasteiger partial charge in [-0.25, -0.2) is 0 Å². The van der Waals surface area contributed by atoms with Crippen LogP contribution in [0.1, 0.15) is 50.0 Å². The lowest BCUT2D eigenvalue weighted by Gasteiger charge is -2.38. The third-order valence-corrected chi connectivity index (χ3v) is 5.57. The van der Waals surface area contributed by atoms with Crippen molar-refractivity contribution in [2.45, 2.75) is 50.5 Å². The predicted molar refractivity (Wildman–Crippen MR) is 102 cm³/mol. The van der Waals surface area contributed by atoms with Gasteiger partial charge >= 0.3 is 0 Å². The van der Waals surface area contributed by atoms with E-state index in [2.05, 4.69) is 4.90 Å². The molecule has 5 heteroatoms. The van der Waals surface area contributed by atoms with E-state index >= 15 is 0 Å². The number of nitrogens with zero attached hydrogens (tertiary/aromatic N) is 2. The second kappa shape index (κ2) is 9.93. The first-order chi connectivity index (χ1) is 11.8. The average molecular weight is 365 g/mol. The van der Waals surface area contributed by atoms with Crippen LogP contribution in [0.15, 0.2) is 30.3 Å². The van der Waals surface area contributed by atoms with Gasteiger partial charge in [0.15, 0.2) is 0 Å². The van der Waals surface area contributed by atoms with E-state index in [4.69, 9.17) is 0 Å². The van der Waals surface area contributed by atoms with Crippen molar-refractivity contribution < 1.29 is 9.59 Å². The Morgan fingerprint density at radius 2 is 1.72 bits per heavy atom. The molecule has 4 nitrogen and oxygen atoms in total. The normalized spacial score (nSPS) is 20.1. The summed E-state index contributed by atoms with van der Waals surface area (Å²) in [4.78, 5) is 28.4. The van der Waals surface area contributed by atoms with Gasteiger partial charge in [0.25, 0.3) is 0 Å². The van der Waals surface area contributed by atoms with Crippen LogP contribution in [0, 0.1) is 0 Å². The summed E-state index contributed by atoms with van der Waals surface area (Å²) < 4.78 is 0. The van der Waals surface area contributed by atoms with Crippen LogP contribution in [0.3, 0.4) is 0 Å². The maximum absolute atomic E-state index is 12.5. The molecule has 0 N–H and O–H groups in total. The molecule has 1 heterocycles. The lowest BCUT2D eigenvalue weighted by atomic mass is 9.95. The van der Waals surface area contributed by atoms with E-state index < -0.39 is 0 Å². The molecule has 1 saturated heterocycles. The van der Waals surface area contributed by atoms with Gasteiger partial charge in [-0.15, -0.1) is 12.4 Å². The Balaban J connectivity index is 0.00000225. The van der Waals surface area contributed by atoms with Crippen LogP contribution in [0.4, 0.5) is 0 Å². The third kappa shape index (κ3) is 5.29. The minimum absolute atomic E-state index is 0. The molecule has 3 rings (SSSR count). The van der Waals surface area contributed by atoms with Gasteiger partial charge in [0.2, 0.25) is 5.91 Å². The first-order valence-corrected chi connectivity index (χ1v) is 9.30. The smallest absolute Gasteiger partial charge is 0.222 e. The summed E-state index contributed by atoms with van der Waals surface area (Å²) in [5.41, 5.74) is 1.01. The zero-order valence-electron chi connectivity index (χ0n) is 14.8. The van der Waals surface area contributed by atoms with Crippen molar-refractivity contribution in [3.05, 3.63) is 35.9 Å². The Morgan fingerprint density at radius 1 is 1.08 bits per heavy atom. The molecular weight excluding hydrogens is 336 g/mol. The molecule has 1 unspecified atom stereocenters. The lowest BCUT2D eigenvalue weighted by Crippen LogP contribution is -2.51. The van der Waals surface area contributed by atoms with E-state index in [-0.39, 0.29) is 24.2 Å². The lowest BCUT2D eigenvalue weighted by molar-refractivity contribution is -0.133. The number of halogens is 1. The monoisotopic (exact) mass is 364 g/mol. The van der Waals surface area contributed by atoms with Crippen LogP contribution >= 0.6 is 12.4 Å². The van der Waals surface area contributed by atoms with Crippen molar-refractivity contribution in [3.63, 3.8) is 0 Å². The van der Waals surface area contributed by atoms with Gasteiger partial charge in [-0.05, 0) is 24.8 Å². The van der Waals surface area contributed by atoms with E-state index in [0.717, 1.165) is 44.1 Å². The van der Waals surface area contributed by atoms with Crippen LogP contribution in [-0.2, 0) is 9.59 Å². The van der Waals surface area contributed by atoms with E-state index in [1.54, 1.807) is 0 Å². The maximum Gasteiger partial charge on any atom is 0.222 e. The second-order valence-corrected chi connectivity index (χ2v) is 7.05. The average Bonchev–Trinajstić information content (AvgIpc) is 3.18. The topological polar surface area (TPSA) is 40.6 Å². The Labute approximate surface area is 157 Å². The summed E-state index contributed by atoms with van der Waals surface area (Å²) >= 11 is 0. The maximum atomic E-state index is 12.5. The molecule has 1 aliphatic heterocycles. The molecule has 0 bridgehead atoms. The van der Waals surface area contributed by atoms with E-state index in [1.807, 2.05) is 35.2 Å². The first-order valence-electron chi connectivity index (χ1n) is 9.30. The number of amides is 1. The minimum Gasteiger partial charge on any atom is -0.340 e. The minimum atomic E-state index is -0.171. The number of rotatable bonds is 6. The van der Waals surface area contributed by atoms with Crippen molar-refractivity contribution >= 4 is 24.6 Å². The molecule has 1 saturated carbocycles. The molecule has 138 valence electrons. The number of hydrogen-bond acceptors (Lipinski definition) is 3. The second-order valence-electron chi connectivity index (χ2n) is 7.05. The summed E-state index contributed by atoms with van der Waals surface area (Å²) in [7, 11) is 0. The zero-order chi connectivity index (χ0) is 16.8. The Bertz CT molecular complexity index is 538. The quantitative estimate of drug-likeness (QED) is 0.727. The van der Waals surface area contributed by atoms with Crippen molar-refractivity contribution in [2.24, 2.45) is 0 Å². The fourth-order valence-corrected chi connectivity index (χ4v) is 4.06. The molecule has 1 atom stereocenters. The van der Waals surface area contributed by atoms with Crippen LogP contribution in [0.2, 0.25) is 0 Å². The summed E-state index contributed by atoms with van der Waals surface area (Å²) in [5.74, 6) is 0.0266. The number of carbonyl (C=O) groups is 2. The Kier molecular flexibility index (Phi) is 7.91. The third-order valence-electron chi connectivity index (χ3n) is 5.57. The van der Waals surface area contributed by atoms with Gasteiger partial charge in [-0.3, -0.25) is 9.69 Å². The number of piperazine rings is 1. The molecule has 2 aliphatic rings. The van der Waals surface area contributed by atoms with Crippen LogP contribution < -0.4 is 0 Å². The molecule has 25 heavy (non-hydrogen) atoms. The van der Waals surface area contributed by atoms with E-state index in [9.17, 15) is 9.59 Å². The molecule has 1 aromatic carbocycles. The van der Waals surface area contributed by atoms with Gasteiger partial charge in [-0.1, -0.05) is 43.2 Å². The van der Waals surface area contributed by atoms with Crippen molar-refractivity contribution in [1.29, 1.82) is 0 Å². The predicted octanol–water partition coefficient (Wildman–Crippen LogP) is 3.26. The summed E-state index contributed by atoms with van der Waals surface area (Å²) in [6, 6.07) is 10.5. The van der Waals surface area contributed by atoms with Crippen LogP contribution in [0.5, 0.6) is 0 Å². The highest BCUT2D eigenvalue weighted by molar-refractivity contribution is 5.85. The largest absolute Gasteiger partial charge is 0.340 e. The number of aldehydes is 1. The van der Waals surface area contributed by atoms with E-state index in [1.165, 1.54) is 25.7 Å². The van der Waals surface area contributed by atoms with Crippen LogP contribution in [0.25, 0.3) is 0 Å². The van der Waals surface area contributed by atoms with Crippen molar-refractivity contribution in [2.75, 3.05) is 26.2 Å². The molecule has 1 amide bonds. The fourth-order valence-electron chi connectivity index (χ4n) is 4.06. The number of carbonyl (C=O) groups excluding carboxylic acids is 2.